The summed E-state index contributed by atoms with van der Waals surface area (Å²) >= 11 is 0. The summed E-state index contributed by atoms with van der Waals surface area (Å²) in [5, 5.41) is 6.05. The maximum Gasteiger partial charge on any atom is 0.239 e. The number of nitrogens with one attached hydrogen (secondary N) is 2. The molecule has 1 aromatic carbocycles. The van der Waals surface area contributed by atoms with Crippen LogP contribution in [0.15, 0.2) is 24.3 Å². The molecule has 100 valence electrons. The van der Waals surface area contributed by atoms with Gasteiger partial charge in [-0.15, -0.1) is 0 Å². The Morgan fingerprint density at radius 3 is 2.56 bits per heavy atom. The van der Waals surface area contributed by atoms with Crippen molar-refractivity contribution in [1.82, 2.24) is 5.32 Å². The molecule has 0 spiro atoms. The molecule has 0 aliphatic rings. The van der Waals surface area contributed by atoms with Gasteiger partial charge < -0.3 is 15.5 Å². The number of hydrogen-bond donors (Lipinski definition) is 2. The molecule has 0 unspecified atom stereocenters. The summed E-state index contributed by atoms with van der Waals surface area (Å²) in [6.07, 6.45) is 0. The standard InChI is InChI=1S/C14H23N3O/c1-11(2)9-16-14(18)10-15-12-7-5-6-8-13(12)17(3)4/h5-8,11,15H,9-10H2,1-4H3,(H,16,18). The molecule has 1 aromatic rings. The van der Waals surface area contributed by atoms with Crippen molar-refractivity contribution in [3.63, 3.8) is 0 Å². The molecule has 4 heteroatoms. The van der Waals surface area contributed by atoms with Crippen molar-refractivity contribution in [2.75, 3.05) is 37.4 Å². The fourth-order valence-electron chi connectivity index (χ4n) is 1.57. The van der Waals surface area contributed by atoms with Gasteiger partial charge in [0.05, 0.1) is 17.9 Å². The van der Waals surface area contributed by atoms with Gasteiger partial charge in [-0.2, -0.15) is 0 Å². The Labute approximate surface area is 109 Å². The highest BCUT2D eigenvalue weighted by molar-refractivity contribution is 5.82. The van der Waals surface area contributed by atoms with Crippen LogP contribution in [0.2, 0.25) is 0 Å². The van der Waals surface area contributed by atoms with Gasteiger partial charge in [-0.05, 0) is 18.1 Å². The molecule has 1 rings (SSSR count). The quantitative estimate of drug-likeness (QED) is 0.810. The SMILES string of the molecule is CC(C)CNC(=O)CNc1ccccc1N(C)C. The van der Waals surface area contributed by atoms with Crippen LogP contribution in [0.4, 0.5) is 11.4 Å². The lowest BCUT2D eigenvalue weighted by Crippen LogP contribution is -2.32. The average Bonchev–Trinajstić information content (AvgIpc) is 2.34. The minimum absolute atomic E-state index is 0.0252. The number of amides is 1. The maximum atomic E-state index is 11.6. The molecule has 2 N–H and O–H groups in total. The first kappa shape index (κ1) is 14.4. The van der Waals surface area contributed by atoms with E-state index in [0.29, 0.717) is 12.5 Å². The smallest absolute Gasteiger partial charge is 0.239 e. The first-order valence-corrected chi connectivity index (χ1v) is 6.27. The minimum atomic E-state index is 0.0252. The van der Waals surface area contributed by atoms with E-state index in [1.165, 1.54) is 0 Å². The Morgan fingerprint density at radius 1 is 1.28 bits per heavy atom. The molecule has 0 aromatic heterocycles. The molecule has 0 fully saturated rings. The van der Waals surface area contributed by atoms with E-state index in [0.717, 1.165) is 17.9 Å². The highest BCUT2D eigenvalue weighted by atomic mass is 16.1. The van der Waals surface area contributed by atoms with Crippen molar-refractivity contribution in [2.24, 2.45) is 5.92 Å². The molecule has 0 radical (unpaired) electrons. The summed E-state index contributed by atoms with van der Waals surface area (Å²) in [4.78, 5) is 13.6. The molecule has 18 heavy (non-hydrogen) atoms. The maximum absolute atomic E-state index is 11.6. The zero-order valence-electron chi connectivity index (χ0n) is 11.7. The number of benzene rings is 1. The first-order valence-electron chi connectivity index (χ1n) is 6.27. The highest BCUT2D eigenvalue weighted by Gasteiger charge is 2.06. The third-order valence-corrected chi connectivity index (χ3v) is 2.53. The topological polar surface area (TPSA) is 44.4 Å². The number of nitrogens with zero attached hydrogens (tertiary/aromatic N) is 1. The first-order chi connectivity index (χ1) is 8.50. The van der Waals surface area contributed by atoms with E-state index in [1.807, 2.05) is 43.3 Å². The van der Waals surface area contributed by atoms with Crippen molar-refractivity contribution < 1.29 is 4.79 Å². The molecular weight excluding hydrogens is 226 g/mol. The molecule has 1 amide bonds. The Morgan fingerprint density at radius 2 is 1.94 bits per heavy atom. The second-order valence-electron chi connectivity index (χ2n) is 4.96. The third kappa shape index (κ3) is 4.65. The van der Waals surface area contributed by atoms with E-state index in [9.17, 15) is 4.79 Å². The van der Waals surface area contributed by atoms with E-state index in [4.69, 9.17) is 0 Å². The van der Waals surface area contributed by atoms with Crippen LogP contribution in [0.1, 0.15) is 13.8 Å². The number of rotatable bonds is 6. The molecule has 0 saturated carbocycles. The molecule has 0 aliphatic carbocycles. The Balaban J connectivity index is 2.50. The summed E-state index contributed by atoms with van der Waals surface area (Å²) in [7, 11) is 3.97. The molecule has 0 atom stereocenters. The number of carbonyl (C=O) groups is 1. The lowest BCUT2D eigenvalue weighted by atomic mass is 10.2. The Bertz CT molecular complexity index is 388. The number of para-hydroxylation sites is 2. The number of hydrogen-bond acceptors (Lipinski definition) is 3. The van der Waals surface area contributed by atoms with Crippen LogP contribution in [0.3, 0.4) is 0 Å². The Kier molecular flexibility index (Phi) is 5.49. The zero-order valence-corrected chi connectivity index (χ0v) is 11.7. The fourth-order valence-corrected chi connectivity index (χ4v) is 1.57. The largest absolute Gasteiger partial charge is 0.376 e. The second-order valence-corrected chi connectivity index (χ2v) is 4.96. The summed E-state index contributed by atoms with van der Waals surface area (Å²) < 4.78 is 0. The number of anilines is 2. The molecule has 0 aliphatic heterocycles. The van der Waals surface area contributed by atoms with Gasteiger partial charge in [0.15, 0.2) is 0 Å². The minimum Gasteiger partial charge on any atom is -0.376 e. The molecular formula is C14H23N3O. The van der Waals surface area contributed by atoms with E-state index < -0.39 is 0 Å². The molecule has 0 saturated heterocycles. The normalized spacial score (nSPS) is 10.3. The van der Waals surface area contributed by atoms with Crippen molar-refractivity contribution in [3.05, 3.63) is 24.3 Å². The van der Waals surface area contributed by atoms with Gasteiger partial charge in [-0.3, -0.25) is 4.79 Å². The van der Waals surface area contributed by atoms with Crippen LogP contribution in [0.25, 0.3) is 0 Å². The van der Waals surface area contributed by atoms with Crippen molar-refractivity contribution in [3.8, 4) is 0 Å². The van der Waals surface area contributed by atoms with Gasteiger partial charge in [0.1, 0.15) is 0 Å². The van der Waals surface area contributed by atoms with Crippen molar-refractivity contribution >= 4 is 17.3 Å². The van der Waals surface area contributed by atoms with Gasteiger partial charge >= 0.3 is 0 Å². The van der Waals surface area contributed by atoms with Crippen LogP contribution in [-0.2, 0) is 4.79 Å². The van der Waals surface area contributed by atoms with Gasteiger partial charge in [-0.1, -0.05) is 26.0 Å². The van der Waals surface area contributed by atoms with Gasteiger partial charge in [0.2, 0.25) is 5.91 Å². The fraction of sp³-hybridized carbons (Fsp3) is 0.500. The van der Waals surface area contributed by atoms with E-state index in [2.05, 4.69) is 24.5 Å². The van der Waals surface area contributed by atoms with Crippen molar-refractivity contribution in [2.45, 2.75) is 13.8 Å². The van der Waals surface area contributed by atoms with Gasteiger partial charge in [-0.25, -0.2) is 0 Å². The summed E-state index contributed by atoms with van der Waals surface area (Å²) in [5.74, 6) is 0.500. The summed E-state index contributed by atoms with van der Waals surface area (Å²) in [6.45, 7) is 5.18. The van der Waals surface area contributed by atoms with Gasteiger partial charge in [0.25, 0.3) is 0 Å². The predicted octanol–water partition coefficient (Wildman–Crippen LogP) is 1.94. The second kappa shape index (κ2) is 6.89. The van der Waals surface area contributed by atoms with Crippen LogP contribution in [0, 0.1) is 5.92 Å². The van der Waals surface area contributed by atoms with Crippen LogP contribution in [-0.4, -0.2) is 33.1 Å². The molecule has 0 heterocycles. The van der Waals surface area contributed by atoms with Crippen molar-refractivity contribution in [1.29, 1.82) is 0 Å². The zero-order chi connectivity index (χ0) is 13.5. The summed E-state index contributed by atoms with van der Waals surface area (Å²) in [5.41, 5.74) is 2.05. The van der Waals surface area contributed by atoms with Crippen LogP contribution in [0.5, 0.6) is 0 Å². The van der Waals surface area contributed by atoms with E-state index in [-0.39, 0.29) is 5.91 Å². The summed E-state index contributed by atoms with van der Waals surface area (Å²) in [6, 6.07) is 7.94. The lowest BCUT2D eigenvalue weighted by molar-refractivity contribution is -0.119. The highest BCUT2D eigenvalue weighted by Crippen LogP contribution is 2.22. The predicted molar refractivity (Wildman–Crippen MR) is 77.1 cm³/mol. The average molecular weight is 249 g/mol. The monoisotopic (exact) mass is 249 g/mol. The van der Waals surface area contributed by atoms with Crippen LogP contribution >= 0.6 is 0 Å². The lowest BCUT2D eigenvalue weighted by Gasteiger charge is -2.18. The third-order valence-electron chi connectivity index (χ3n) is 2.53. The van der Waals surface area contributed by atoms with E-state index in [1.54, 1.807) is 0 Å². The molecule has 4 nitrogen and oxygen atoms in total. The van der Waals surface area contributed by atoms with Gasteiger partial charge in [0, 0.05) is 20.6 Å². The van der Waals surface area contributed by atoms with E-state index >= 15 is 0 Å². The Hall–Kier alpha value is -1.71. The number of carbonyl (C=O) groups excluding carboxylic acids is 1. The van der Waals surface area contributed by atoms with Crippen LogP contribution < -0.4 is 15.5 Å². The molecule has 0 bridgehead atoms.